The fraction of sp³-hybridized carbons (Fsp3) is 0.333. The molecule has 4 nitrogen and oxygen atoms in total. The molecule has 1 aromatic carbocycles. The van der Waals surface area contributed by atoms with Crippen molar-refractivity contribution in [1.29, 1.82) is 0 Å². The van der Waals surface area contributed by atoms with Crippen LogP contribution in [0.15, 0.2) is 29.3 Å². The number of carbonyl (C=O) groups excluding carboxylic acids is 1. The second kappa shape index (κ2) is 4.16. The molecule has 0 radical (unpaired) electrons. The van der Waals surface area contributed by atoms with Crippen molar-refractivity contribution in [2.24, 2.45) is 10.7 Å². The summed E-state index contributed by atoms with van der Waals surface area (Å²) < 4.78 is 13.2. The minimum atomic E-state index is -0.460. The Kier molecular flexibility index (Phi) is 2.83. The average Bonchev–Trinajstić information content (AvgIpc) is 2.53. The first-order valence-corrected chi connectivity index (χ1v) is 5.42. The van der Waals surface area contributed by atoms with E-state index >= 15 is 0 Å². The first-order chi connectivity index (χ1) is 8.00. The monoisotopic (exact) mass is 235 g/mol. The molecule has 2 amide bonds. The second-order valence-electron chi connectivity index (χ2n) is 4.28. The normalized spacial score (nSPS) is 20.0. The number of amides is 2. The summed E-state index contributed by atoms with van der Waals surface area (Å²) in [4.78, 5) is 16.9. The van der Waals surface area contributed by atoms with Gasteiger partial charge in [-0.05, 0) is 31.5 Å². The number of halogens is 1. The summed E-state index contributed by atoms with van der Waals surface area (Å²) in [5.41, 5.74) is 6.39. The molecule has 90 valence electrons. The van der Waals surface area contributed by atoms with Gasteiger partial charge in [0.15, 0.2) is 0 Å². The van der Waals surface area contributed by atoms with Crippen LogP contribution in [-0.2, 0) is 0 Å². The van der Waals surface area contributed by atoms with Crippen molar-refractivity contribution < 1.29 is 9.18 Å². The van der Waals surface area contributed by atoms with Crippen molar-refractivity contribution in [1.82, 2.24) is 4.90 Å². The maximum atomic E-state index is 13.2. The lowest BCUT2D eigenvalue weighted by atomic mass is 10.0. The molecule has 0 spiro atoms. The smallest absolute Gasteiger partial charge is 0.346 e. The predicted molar refractivity (Wildman–Crippen MR) is 63.1 cm³/mol. The summed E-state index contributed by atoms with van der Waals surface area (Å²) in [6, 6.07) is 5.20. The third kappa shape index (κ3) is 2.00. The molecule has 0 bridgehead atoms. The molecule has 1 aliphatic heterocycles. The van der Waals surface area contributed by atoms with E-state index in [1.807, 2.05) is 13.8 Å². The zero-order valence-corrected chi connectivity index (χ0v) is 9.72. The zero-order chi connectivity index (χ0) is 12.6. The van der Waals surface area contributed by atoms with Gasteiger partial charge in [0.25, 0.3) is 0 Å². The quantitative estimate of drug-likeness (QED) is 0.853. The van der Waals surface area contributed by atoms with Gasteiger partial charge in [0, 0.05) is 6.04 Å². The van der Waals surface area contributed by atoms with E-state index < -0.39 is 6.04 Å². The molecule has 17 heavy (non-hydrogen) atoms. The highest BCUT2D eigenvalue weighted by Crippen LogP contribution is 2.29. The number of amidine groups is 1. The lowest BCUT2D eigenvalue weighted by Gasteiger charge is -2.28. The van der Waals surface area contributed by atoms with Crippen molar-refractivity contribution in [2.45, 2.75) is 25.9 Å². The van der Waals surface area contributed by atoms with Gasteiger partial charge in [-0.1, -0.05) is 12.1 Å². The van der Waals surface area contributed by atoms with Gasteiger partial charge in [-0.2, -0.15) is 4.99 Å². The van der Waals surface area contributed by atoms with E-state index in [1.165, 1.54) is 12.1 Å². The number of carbonyl (C=O) groups is 1. The molecule has 0 saturated carbocycles. The molecule has 2 rings (SSSR count). The molecule has 1 unspecified atom stereocenters. The van der Waals surface area contributed by atoms with E-state index in [4.69, 9.17) is 5.73 Å². The molecule has 1 atom stereocenters. The van der Waals surface area contributed by atoms with Gasteiger partial charge in [0.05, 0.1) is 0 Å². The highest BCUT2D eigenvalue weighted by Gasteiger charge is 2.36. The Balaban J connectivity index is 2.42. The molecule has 1 aromatic rings. The number of nitrogens with two attached hydrogens (primary N) is 1. The number of hydrogen-bond donors (Lipinski definition) is 1. The lowest BCUT2D eigenvalue weighted by Crippen LogP contribution is -2.38. The van der Waals surface area contributed by atoms with E-state index in [-0.39, 0.29) is 23.7 Å². The van der Waals surface area contributed by atoms with Gasteiger partial charge in [-0.3, -0.25) is 0 Å². The SMILES string of the molecule is CC(C)N1C(=O)N=C(N)C1c1cccc(F)c1. The second-order valence-corrected chi connectivity index (χ2v) is 4.28. The van der Waals surface area contributed by atoms with Gasteiger partial charge in [0.2, 0.25) is 0 Å². The molecule has 2 N–H and O–H groups in total. The molecular formula is C12H14FN3O. The summed E-state index contributed by atoms with van der Waals surface area (Å²) >= 11 is 0. The Morgan fingerprint density at radius 1 is 1.47 bits per heavy atom. The molecule has 5 heteroatoms. The zero-order valence-electron chi connectivity index (χ0n) is 9.72. The average molecular weight is 235 g/mol. The lowest BCUT2D eigenvalue weighted by molar-refractivity contribution is 0.190. The van der Waals surface area contributed by atoms with Crippen molar-refractivity contribution in [3.63, 3.8) is 0 Å². The largest absolute Gasteiger partial charge is 0.385 e. The van der Waals surface area contributed by atoms with Crippen LogP contribution in [0.1, 0.15) is 25.5 Å². The minimum absolute atomic E-state index is 0.0411. The summed E-state index contributed by atoms with van der Waals surface area (Å²) in [6.07, 6.45) is 0. The molecule has 0 saturated heterocycles. The molecule has 0 aromatic heterocycles. The molecule has 1 aliphatic rings. The van der Waals surface area contributed by atoms with E-state index in [9.17, 15) is 9.18 Å². The molecule has 0 fully saturated rings. The number of urea groups is 1. The first-order valence-electron chi connectivity index (χ1n) is 5.42. The number of rotatable bonds is 2. The maximum Gasteiger partial charge on any atom is 0.346 e. The van der Waals surface area contributed by atoms with Crippen molar-refractivity contribution in [2.75, 3.05) is 0 Å². The Hall–Kier alpha value is -1.91. The third-order valence-corrected chi connectivity index (χ3v) is 2.72. The topological polar surface area (TPSA) is 58.7 Å². The molecule has 1 heterocycles. The fourth-order valence-corrected chi connectivity index (χ4v) is 2.01. The first kappa shape index (κ1) is 11.6. The standard InChI is InChI=1S/C12H14FN3O/c1-7(2)16-10(11(14)15-12(16)17)8-4-3-5-9(13)6-8/h3-7,10H,1-2H3,(H2,14,15,17). The van der Waals surface area contributed by atoms with Crippen molar-refractivity contribution in [3.05, 3.63) is 35.6 Å². The van der Waals surface area contributed by atoms with Gasteiger partial charge in [0.1, 0.15) is 17.7 Å². The summed E-state index contributed by atoms with van der Waals surface area (Å²) in [5.74, 6) is -0.132. The van der Waals surface area contributed by atoms with Crippen LogP contribution in [0.25, 0.3) is 0 Å². The Labute approximate surface area is 98.9 Å². The number of aliphatic imine (C=N–C) groups is 1. The minimum Gasteiger partial charge on any atom is -0.385 e. The van der Waals surface area contributed by atoms with Crippen LogP contribution in [0, 0.1) is 5.82 Å². The Morgan fingerprint density at radius 2 is 2.18 bits per heavy atom. The van der Waals surface area contributed by atoms with Crippen LogP contribution in [0.2, 0.25) is 0 Å². The molecular weight excluding hydrogens is 221 g/mol. The number of hydrogen-bond acceptors (Lipinski definition) is 2. The predicted octanol–water partition coefficient (Wildman–Crippen LogP) is 2.07. The highest BCUT2D eigenvalue weighted by molar-refractivity contribution is 6.03. The summed E-state index contributed by atoms with van der Waals surface area (Å²) in [5, 5.41) is 0. The van der Waals surface area contributed by atoms with Crippen LogP contribution >= 0.6 is 0 Å². The van der Waals surface area contributed by atoms with Crippen LogP contribution in [0.3, 0.4) is 0 Å². The Morgan fingerprint density at radius 3 is 2.76 bits per heavy atom. The van der Waals surface area contributed by atoms with Gasteiger partial charge in [-0.15, -0.1) is 0 Å². The number of benzene rings is 1. The van der Waals surface area contributed by atoms with E-state index in [0.717, 1.165) is 0 Å². The number of nitrogens with zero attached hydrogens (tertiary/aromatic N) is 2. The molecule has 0 aliphatic carbocycles. The van der Waals surface area contributed by atoms with Crippen LogP contribution in [0.4, 0.5) is 9.18 Å². The van der Waals surface area contributed by atoms with Crippen molar-refractivity contribution >= 4 is 11.9 Å². The van der Waals surface area contributed by atoms with Gasteiger partial charge < -0.3 is 10.6 Å². The maximum absolute atomic E-state index is 13.2. The van der Waals surface area contributed by atoms with Crippen LogP contribution < -0.4 is 5.73 Å². The van der Waals surface area contributed by atoms with E-state index in [2.05, 4.69) is 4.99 Å². The highest BCUT2D eigenvalue weighted by atomic mass is 19.1. The Bertz CT molecular complexity index is 484. The van der Waals surface area contributed by atoms with Gasteiger partial charge >= 0.3 is 6.03 Å². The van der Waals surface area contributed by atoms with Crippen molar-refractivity contribution in [3.8, 4) is 0 Å². The van der Waals surface area contributed by atoms with Gasteiger partial charge in [-0.25, -0.2) is 9.18 Å². The van der Waals surface area contributed by atoms with Crippen LogP contribution in [0.5, 0.6) is 0 Å². The summed E-state index contributed by atoms with van der Waals surface area (Å²) in [6.45, 7) is 3.75. The van der Waals surface area contributed by atoms with Crippen LogP contribution in [-0.4, -0.2) is 22.8 Å². The van der Waals surface area contributed by atoms with E-state index in [0.29, 0.717) is 5.56 Å². The third-order valence-electron chi connectivity index (χ3n) is 2.72. The summed E-state index contributed by atoms with van der Waals surface area (Å²) in [7, 11) is 0. The van der Waals surface area contributed by atoms with E-state index in [1.54, 1.807) is 17.0 Å². The fourth-order valence-electron chi connectivity index (χ4n) is 2.01.